The number of sulfonamides is 1. The third-order valence-electron chi connectivity index (χ3n) is 5.81. The van der Waals surface area contributed by atoms with Crippen molar-refractivity contribution in [2.24, 2.45) is 0 Å². The van der Waals surface area contributed by atoms with Crippen molar-refractivity contribution in [3.05, 3.63) is 100 Å². The molecule has 3 aromatic rings. The van der Waals surface area contributed by atoms with Gasteiger partial charge in [-0.05, 0) is 78.3 Å². The highest BCUT2D eigenvalue weighted by molar-refractivity contribution is 7.89. The Hall–Kier alpha value is -3.00. The van der Waals surface area contributed by atoms with Crippen LogP contribution in [0.5, 0.6) is 0 Å². The van der Waals surface area contributed by atoms with Crippen LogP contribution in [0.15, 0.2) is 78.0 Å². The Morgan fingerprint density at radius 3 is 2.56 bits per heavy atom. The molecule has 0 spiro atoms. The number of benzene rings is 2. The Morgan fingerprint density at radius 2 is 1.85 bits per heavy atom. The molecule has 0 fully saturated rings. The Labute approximate surface area is 204 Å². The summed E-state index contributed by atoms with van der Waals surface area (Å²) in [7, 11) is -3.65. The van der Waals surface area contributed by atoms with Crippen LogP contribution in [0.25, 0.3) is 5.57 Å². The summed E-state index contributed by atoms with van der Waals surface area (Å²) < 4.78 is 28.4. The number of carboxylic acids is 1. The van der Waals surface area contributed by atoms with E-state index in [0.29, 0.717) is 30.7 Å². The Morgan fingerprint density at radius 1 is 1.09 bits per heavy atom. The smallest absolute Gasteiger partial charge is 0.303 e. The molecule has 8 heteroatoms. The van der Waals surface area contributed by atoms with Crippen molar-refractivity contribution in [2.75, 3.05) is 0 Å². The van der Waals surface area contributed by atoms with Gasteiger partial charge in [-0.3, -0.25) is 9.78 Å². The average Bonchev–Trinajstić information content (AvgIpc) is 3.20. The van der Waals surface area contributed by atoms with Crippen molar-refractivity contribution in [2.45, 2.75) is 43.0 Å². The van der Waals surface area contributed by atoms with Crippen LogP contribution >= 0.6 is 11.6 Å². The van der Waals surface area contributed by atoms with Crippen LogP contribution in [0.1, 0.15) is 41.5 Å². The maximum Gasteiger partial charge on any atom is 0.303 e. The zero-order valence-electron chi connectivity index (χ0n) is 18.4. The lowest BCUT2D eigenvalue weighted by Gasteiger charge is -2.12. The van der Waals surface area contributed by atoms with Crippen molar-refractivity contribution < 1.29 is 18.3 Å². The zero-order valence-corrected chi connectivity index (χ0v) is 20.0. The largest absolute Gasteiger partial charge is 0.481 e. The molecule has 1 heterocycles. The minimum Gasteiger partial charge on any atom is -0.481 e. The summed E-state index contributed by atoms with van der Waals surface area (Å²) in [5.41, 5.74) is 5.16. The van der Waals surface area contributed by atoms with Gasteiger partial charge in [0.1, 0.15) is 0 Å². The predicted octanol–water partition coefficient (Wildman–Crippen LogP) is 4.87. The molecule has 0 saturated carbocycles. The second kappa shape index (κ2) is 10.5. The average molecular weight is 497 g/mol. The predicted molar refractivity (Wildman–Crippen MR) is 132 cm³/mol. The molecule has 0 aliphatic heterocycles. The van der Waals surface area contributed by atoms with Crippen molar-refractivity contribution >= 4 is 33.2 Å². The van der Waals surface area contributed by atoms with Crippen LogP contribution < -0.4 is 4.72 Å². The molecule has 1 aromatic heterocycles. The number of hydrogen-bond acceptors (Lipinski definition) is 4. The minimum atomic E-state index is -3.65. The van der Waals surface area contributed by atoms with Gasteiger partial charge < -0.3 is 5.11 Å². The van der Waals surface area contributed by atoms with Crippen LogP contribution in [0, 0.1) is 0 Å². The van der Waals surface area contributed by atoms with E-state index in [-0.39, 0.29) is 17.4 Å². The highest BCUT2D eigenvalue weighted by atomic mass is 35.5. The summed E-state index contributed by atoms with van der Waals surface area (Å²) in [5.74, 6) is -0.805. The molecule has 0 saturated heterocycles. The van der Waals surface area contributed by atoms with Gasteiger partial charge in [0.2, 0.25) is 10.0 Å². The van der Waals surface area contributed by atoms with Crippen LogP contribution in [0.4, 0.5) is 0 Å². The summed E-state index contributed by atoms with van der Waals surface area (Å²) in [6, 6.07) is 15.9. The van der Waals surface area contributed by atoms with Gasteiger partial charge in [-0.2, -0.15) is 0 Å². The van der Waals surface area contributed by atoms with Gasteiger partial charge in [0.05, 0.1) is 4.90 Å². The minimum absolute atomic E-state index is 0.121. The monoisotopic (exact) mass is 496 g/mol. The third-order valence-corrected chi connectivity index (χ3v) is 7.60. The first kappa shape index (κ1) is 24.1. The van der Waals surface area contributed by atoms with Crippen LogP contribution in [0.2, 0.25) is 5.02 Å². The molecule has 1 aliphatic carbocycles. The van der Waals surface area contributed by atoms with E-state index in [4.69, 9.17) is 16.7 Å². The topological polar surface area (TPSA) is 96.4 Å². The number of nitrogens with one attached hydrogen (secondary N) is 1. The maximum atomic E-state index is 12.8. The number of nitrogens with zero attached hydrogens (tertiary/aromatic N) is 1. The second-order valence-corrected chi connectivity index (χ2v) is 10.5. The number of aromatic nitrogens is 1. The number of carboxylic acid groups (broad SMARTS) is 1. The summed E-state index contributed by atoms with van der Waals surface area (Å²) >= 11 is 5.88. The van der Waals surface area contributed by atoms with Crippen molar-refractivity contribution in [3.8, 4) is 0 Å². The summed E-state index contributed by atoms with van der Waals surface area (Å²) in [6.45, 7) is 0. The zero-order chi connectivity index (χ0) is 24.1. The number of allylic oxidation sites excluding steroid dienone is 1. The molecule has 34 heavy (non-hydrogen) atoms. The van der Waals surface area contributed by atoms with Gasteiger partial charge in [-0.25, -0.2) is 13.1 Å². The number of hydrogen-bond donors (Lipinski definition) is 2. The molecule has 2 aromatic carbocycles. The van der Waals surface area contributed by atoms with Crippen molar-refractivity contribution in [3.63, 3.8) is 0 Å². The first-order valence-electron chi connectivity index (χ1n) is 11.0. The fourth-order valence-corrected chi connectivity index (χ4v) is 5.56. The Kier molecular flexibility index (Phi) is 7.46. The molecule has 2 N–H and O–H groups in total. The number of rotatable bonds is 9. The molecular weight excluding hydrogens is 472 g/mol. The Bertz CT molecular complexity index is 1310. The SMILES string of the molecule is O=C(O)CCC/C=C(/c1cccnc1)c1ccc2c(c1)CC(NS(=O)(=O)c1ccc(Cl)cc1)C2. The van der Waals surface area contributed by atoms with E-state index >= 15 is 0 Å². The van der Waals surface area contributed by atoms with E-state index < -0.39 is 16.0 Å². The molecule has 1 atom stereocenters. The molecule has 1 unspecified atom stereocenters. The summed E-state index contributed by atoms with van der Waals surface area (Å²) in [6.07, 6.45) is 8.08. The normalized spacial score (nSPS) is 15.8. The lowest BCUT2D eigenvalue weighted by Crippen LogP contribution is -2.35. The van der Waals surface area contributed by atoms with Gasteiger partial charge in [0, 0.05) is 35.4 Å². The second-order valence-electron chi connectivity index (χ2n) is 8.31. The molecule has 4 rings (SSSR count). The lowest BCUT2D eigenvalue weighted by atomic mass is 9.95. The van der Waals surface area contributed by atoms with E-state index in [1.165, 1.54) is 12.1 Å². The quantitative estimate of drug-likeness (QED) is 0.412. The van der Waals surface area contributed by atoms with E-state index in [1.807, 2.05) is 24.3 Å². The molecule has 6 nitrogen and oxygen atoms in total. The van der Waals surface area contributed by atoms with Crippen molar-refractivity contribution in [1.29, 1.82) is 0 Å². The van der Waals surface area contributed by atoms with Crippen LogP contribution in [-0.4, -0.2) is 30.5 Å². The number of fused-ring (bicyclic) bond motifs is 1. The van der Waals surface area contributed by atoms with Crippen LogP contribution in [0.3, 0.4) is 0 Å². The van der Waals surface area contributed by atoms with E-state index in [1.54, 1.807) is 24.5 Å². The maximum absolute atomic E-state index is 12.8. The van der Waals surface area contributed by atoms with Gasteiger partial charge in [0.15, 0.2) is 0 Å². The first-order chi connectivity index (χ1) is 16.3. The van der Waals surface area contributed by atoms with E-state index in [2.05, 4.69) is 21.8 Å². The first-order valence-corrected chi connectivity index (χ1v) is 12.9. The van der Waals surface area contributed by atoms with E-state index in [9.17, 15) is 13.2 Å². The van der Waals surface area contributed by atoms with Gasteiger partial charge in [0.25, 0.3) is 0 Å². The fourth-order valence-electron chi connectivity index (χ4n) is 4.19. The molecule has 176 valence electrons. The van der Waals surface area contributed by atoms with Gasteiger partial charge in [-0.1, -0.05) is 41.9 Å². The summed E-state index contributed by atoms with van der Waals surface area (Å²) in [4.78, 5) is 15.3. The molecular formula is C26H25ClN2O4S. The molecule has 0 bridgehead atoms. The van der Waals surface area contributed by atoms with Gasteiger partial charge >= 0.3 is 5.97 Å². The highest BCUT2D eigenvalue weighted by Crippen LogP contribution is 2.30. The molecule has 0 amide bonds. The van der Waals surface area contributed by atoms with Crippen LogP contribution in [-0.2, 0) is 27.7 Å². The van der Waals surface area contributed by atoms with E-state index in [0.717, 1.165) is 27.8 Å². The standard InChI is InChI=1S/C26H25ClN2O4S/c27-22-9-11-24(12-10-22)34(32,33)29-23-15-18-7-8-19(14-21(18)16-23)25(5-1-2-6-26(30)31)20-4-3-13-28-17-20/h3-5,7-14,17,23,29H,1-2,6,15-16H2,(H,30,31)/b25-5+. The number of pyridine rings is 1. The summed E-state index contributed by atoms with van der Waals surface area (Å²) in [5, 5.41) is 9.41. The van der Waals surface area contributed by atoms with Gasteiger partial charge in [-0.15, -0.1) is 0 Å². The number of halogens is 1. The fraction of sp³-hybridized carbons (Fsp3) is 0.231. The third kappa shape index (κ3) is 5.91. The molecule has 0 radical (unpaired) electrons. The molecule has 1 aliphatic rings. The lowest BCUT2D eigenvalue weighted by molar-refractivity contribution is -0.137. The number of aliphatic carboxylic acids is 1. The number of carbonyl (C=O) groups is 1. The number of unbranched alkanes of at least 4 members (excludes halogenated alkanes) is 1. The van der Waals surface area contributed by atoms with Crippen molar-refractivity contribution in [1.82, 2.24) is 9.71 Å². The Balaban J connectivity index is 1.53. The highest BCUT2D eigenvalue weighted by Gasteiger charge is 2.27.